The van der Waals surface area contributed by atoms with E-state index in [2.05, 4.69) is 25.8 Å². The number of piperidine rings is 1. The number of esters is 2. The molecule has 4 heterocycles. The molecule has 5 rings (SSSR count). The molecular formula is C26H21BrF3N3O4S2. The van der Waals surface area contributed by atoms with E-state index in [4.69, 9.17) is 9.51 Å². The first kappa shape index (κ1) is 27.7. The maximum atomic E-state index is 12.7. The van der Waals surface area contributed by atoms with Crippen LogP contribution in [0, 0.1) is 6.92 Å². The van der Waals surface area contributed by atoms with Gasteiger partial charge in [-0.25, -0.2) is 14.6 Å². The summed E-state index contributed by atoms with van der Waals surface area (Å²) in [4.78, 5) is 31.2. The minimum absolute atomic E-state index is 0.103. The van der Waals surface area contributed by atoms with Crippen molar-refractivity contribution in [2.45, 2.75) is 37.9 Å². The Morgan fingerprint density at radius 3 is 2.62 bits per heavy atom. The lowest BCUT2D eigenvalue weighted by molar-refractivity contribution is -0.203. The van der Waals surface area contributed by atoms with Crippen LogP contribution in [0.1, 0.15) is 40.4 Å². The highest BCUT2D eigenvalue weighted by Gasteiger charge is 2.45. The number of benzene rings is 1. The van der Waals surface area contributed by atoms with Gasteiger partial charge in [-0.05, 0) is 56.4 Å². The van der Waals surface area contributed by atoms with Crippen LogP contribution in [-0.4, -0.2) is 46.2 Å². The van der Waals surface area contributed by atoms with Gasteiger partial charge in [-0.1, -0.05) is 39.3 Å². The first-order valence-electron chi connectivity index (χ1n) is 11.9. The lowest BCUT2D eigenvalue weighted by Gasteiger charge is -2.35. The number of aromatic nitrogens is 2. The number of halogens is 4. The molecule has 0 bridgehead atoms. The molecule has 4 aromatic rings. The molecule has 1 aliphatic rings. The van der Waals surface area contributed by atoms with E-state index in [0.717, 1.165) is 26.3 Å². The fourth-order valence-electron chi connectivity index (χ4n) is 4.60. The van der Waals surface area contributed by atoms with Crippen molar-refractivity contribution in [1.82, 2.24) is 15.0 Å². The number of alkyl halides is 3. The summed E-state index contributed by atoms with van der Waals surface area (Å²) >= 11 is 6.24. The third-order valence-corrected chi connectivity index (χ3v) is 8.87. The van der Waals surface area contributed by atoms with E-state index in [1.807, 2.05) is 36.6 Å². The third kappa shape index (κ3) is 6.01. The Bertz CT molecular complexity index is 1480. The lowest BCUT2D eigenvalue weighted by Crippen LogP contribution is -2.41. The normalized spacial score (nSPS) is 15.8. The molecule has 39 heavy (non-hydrogen) atoms. The van der Waals surface area contributed by atoms with Crippen LogP contribution in [-0.2, 0) is 14.3 Å². The molecule has 13 heteroatoms. The fraction of sp³-hybridized carbons (Fsp3) is 0.308. The van der Waals surface area contributed by atoms with Crippen molar-refractivity contribution in [1.29, 1.82) is 0 Å². The highest BCUT2D eigenvalue weighted by Crippen LogP contribution is 2.40. The van der Waals surface area contributed by atoms with Gasteiger partial charge in [0.1, 0.15) is 17.5 Å². The summed E-state index contributed by atoms with van der Waals surface area (Å²) in [5.41, 5.74) is 3.18. The fourth-order valence-corrected chi connectivity index (χ4v) is 6.83. The van der Waals surface area contributed by atoms with Gasteiger partial charge in [0.25, 0.3) is 0 Å². The zero-order chi connectivity index (χ0) is 27.7. The first-order valence-corrected chi connectivity index (χ1v) is 14.5. The molecule has 204 valence electrons. The van der Waals surface area contributed by atoms with Gasteiger partial charge in [0.2, 0.25) is 0 Å². The third-order valence-electron chi connectivity index (χ3n) is 6.44. The first-order chi connectivity index (χ1) is 18.6. The summed E-state index contributed by atoms with van der Waals surface area (Å²) in [6.07, 6.45) is -3.97. The summed E-state index contributed by atoms with van der Waals surface area (Å²) in [5, 5.41) is 8.87. The molecule has 1 unspecified atom stereocenters. The van der Waals surface area contributed by atoms with Crippen LogP contribution < -0.4 is 0 Å². The monoisotopic (exact) mass is 639 g/mol. The van der Waals surface area contributed by atoms with Crippen LogP contribution in [0.3, 0.4) is 0 Å². The van der Waals surface area contributed by atoms with Crippen molar-refractivity contribution in [3.8, 4) is 22.5 Å². The molecule has 0 radical (unpaired) electrons. The van der Waals surface area contributed by atoms with Gasteiger partial charge in [-0.2, -0.15) is 13.2 Å². The SMILES string of the molecule is Cc1onc(-c2cccc(Br)c2)c1-c1csc(C2CCN(C(C(=O)OC(=O)C(F)(F)F)c3cccs3)CC2)n1. The number of hydrogen-bond donors (Lipinski definition) is 0. The number of hydrogen-bond acceptors (Lipinski definition) is 9. The van der Waals surface area contributed by atoms with Crippen molar-refractivity contribution in [2.75, 3.05) is 13.1 Å². The van der Waals surface area contributed by atoms with Gasteiger partial charge in [-0.15, -0.1) is 22.7 Å². The van der Waals surface area contributed by atoms with Gasteiger partial charge in [0, 0.05) is 26.2 Å². The van der Waals surface area contributed by atoms with E-state index in [9.17, 15) is 22.8 Å². The van der Waals surface area contributed by atoms with Crippen LogP contribution in [0.4, 0.5) is 13.2 Å². The molecule has 0 N–H and O–H groups in total. The number of thiazole rings is 1. The molecule has 0 amide bonds. The maximum absolute atomic E-state index is 12.7. The number of aryl methyl sites for hydroxylation is 1. The van der Waals surface area contributed by atoms with Crippen LogP contribution >= 0.6 is 38.6 Å². The second-order valence-corrected chi connectivity index (χ2v) is 11.8. The van der Waals surface area contributed by atoms with Gasteiger partial charge in [0.05, 0.1) is 16.3 Å². The maximum Gasteiger partial charge on any atom is 0.491 e. The van der Waals surface area contributed by atoms with E-state index in [-0.39, 0.29) is 5.92 Å². The summed E-state index contributed by atoms with van der Waals surface area (Å²) in [5.74, 6) is -2.98. The summed E-state index contributed by atoms with van der Waals surface area (Å²) < 4.78 is 48.8. The largest absolute Gasteiger partial charge is 0.491 e. The van der Waals surface area contributed by atoms with Crippen LogP contribution in [0.5, 0.6) is 0 Å². The molecule has 0 aliphatic carbocycles. The van der Waals surface area contributed by atoms with E-state index in [1.54, 1.807) is 22.4 Å². The smallest absolute Gasteiger partial charge is 0.385 e. The predicted octanol–water partition coefficient (Wildman–Crippen LogP) is 7.15. The zero-order valence-corrected chi connectivity index (χ0v) is 23.6. The van der Waals surface area contributed by atoms with Crippen LogP contribution in [0.15, 0.2) is 56.2 Å². The molecule has 7 nitrogen and oxygen atoms in total. The van der Waals surface area contributed by atoms with Crippen molar-refractivity contribution in [3.63, 3.8) is 0 Å². The number of ether oxygens (including phenoxy) is 1. The van der Waals surface area contributed by atoms with Gasteiger partial charge < -0.3 is 9.26 Å². The lowest BCUT2D eigenvalue weighted by atomic mass is 9.96. The van der Waals surface area contributed by atoms with E-state index in [1.165, 1.54) is 22.7 Å². The topological polar surface area (TPSA) is 85.5 Å². The molecule has 0 spiro atoms. The average molecular weight is 641 g/mol. The number of thiophene rings is 1. The molecule has 0 saturated carbocycles. The summed E-state index contributed by atoms with van der Waals surface area (Å²) in [6.45, 7) is 2.69. The second-order valence-electron chi connectivity index (χ2n) is 8.98. The predicted molar refractivity (Wildman–Crippen MR) is 143 cm³/mol. The minimum Gasteiger partial charge on any atom is -0.385 e. The average Bonchev–Trinajstić information content (AvgIpc) is 3.65. The van der Waals surface area contributed by atoms with E-state index in [0.29, 0.717) is 42.3 Å². The Morgan fingerprint density at radius 2 is 1.95 bits per heavy atom. The van der Waals surface area contributed by atoms with E-state index < -0.39 is 24.2 Å². The molecule has 1 saturated heterocycles. The quantitative estimate of drug-likeness (QED) is 0.164. The molecule has 1 fully saturated rings. The summed E-state index contributed by atoms with van der Waals surface area (Å²) in [7, 11) is 0. The Kier molecular flexibility index (Phi) is 8.04. The zero-order valence-electron chi connectivity index (χ0n) is 20.4. The molecule has 1 aromatic carbocycles. The molecule has 1 aliphatic heterocycles. The van der Waals surface area contributed by atoms with Crippen molar-refractivity contribution < 1.29 is 32.0 Å². The number of nitrogens with zero attached hydrogens (tertiary/aromatic N) is 3. The standard InChI is InChI=1S/C26H21BrF3N3O4S2/c1-14-20(21(32-37-14)16-4-2-5-17(27)12-16)18-13-39-23(31-18)15-7-9-33(10-8-15)22(19-6-3-11-38-19)24(34)36-25(35)26(28,29)30/h2-6,11-13,15,22H,7-10H2,1H3. The van der Waals surface area contributed by atoms with Crippen molar-refractivity contribution >= 4 is 50.5 Å². The molecule has 3 aromatic heterocycles. The highest BCUT2D eigenvalue weighted by molar-refractivity contribution is 9.10. The Hall–Kier alpha value is -2.87. The van der Waals surface area contributed by atoms with Crippen molar-refractivity contribution in [3.05, 3.63) is 67.3 Å². The van der Waals surface area contributed by atoms with Crippen LogP contribution in [0.2, 0.25) is 0 Å². The van der Waals surface area contributed by atoms with Gasteiger partial charge in [-0.3, -0.25) is 4.90 Å². The van der Waals surface area contributed by atoms with Crippen LogP contribution in [0.25, 0.3) is 22.5 Å². The molecule has 1 atom stereocenters. The molecular weight excluding hydrogens is 619 g/mol. The van der Waals surface area contributed by atoms with Crippen molar-refractivity contribution in [2.24, 2.45) is 0 Å². The Morgan fingerprint density at radius 1 is 1.18 bits per heavy atom. The highest BCUT2D eigenvalue weighted by atomic mass is 79.9. The second kappa shape index (κ2) is 11.3. The number of carbonyl (C=O) groups excluding carboxylic acids is 2. The Balaban J connectivity index is 1.31. The number of likely N-dealkylation sites (tertiary alicyclic amines) is 1. The van der Waals surface area contributed by atoms with E-state index >= 15 is 0 Å². The minimum atomic E-state index is -5.25. The number of carbonyl (C=O) groups is 2. The van der Waals surface area contributed by atoms with Gasteiger partial charge in [0.15, 0.2) is 0 Å². The summed E-state index contributed by atoms with van der Waals surface area (Å²) in [6, 6.07) is 10.0. The number of rotatable bonds is 6. The Labute approximate surface area is 237 Å². The van der Waals surface area contributed by atoms with Gasteiger partial charge >= 0.3 is 18.1 Å².